The zero-order chi connectivity index (χ0) is 15.9. The Kier molecular flexibility index (Phi) is 6.16. The second kappa shape index (κ2) is 8.11. The summed E-state index contributed by atoms with van der Waals surface area (Å²) < 4.78 is 0. The molecule has 1 aliphatic rings. The van der Waals surface area contributed by atoms with Crippen LogP contribution in [0.4, 0.5) is 5.82 Å². The SMILES string of the molecule is CCN(CC)c1cc(C(=O)NC2CCCCCC2)nc(C)n1. The van der Waals surface area contributed by atoms with Crippen LogP contribution < -0.4 is 10.2 Å². The molecule has 0 aromatic carbocycles. The Hall–Kier alpha value is -1.65. The van der Waals surface area contributed by atoms with Crippen LogP contribution in [0.15, 0.2) is 6.07 Å². The quantitative estimate of drug-likeness (QED) is 0.849. The van der Waals surface area contributed by atoms with Gasteiger partial charge in [-0.2, -0.15) is 0 Å². The molecule has 2 rings (SSSR count). The Balaban J connectivity index is 2.11. The number of aromatic nitrogens is 2. The largest absolute Gasteiger partial charge is 0.357 e. The average molecular weight is 304 g/mol. The number of amides is 1. The normalized spacial score (nSPS) is 16.1. The zero-order valence-electron chi connectivity index (χ0n) is 14.1. The molecular formula is C17H28N4O. The molecule has 0 aliphatic heterocycles. The van der Waals surface area contributed by atoms with E-state index in [0.29, 0.717) is 17.6 Å². The first-order valence-corrected chi connectivity index (χ1v) is 8.55. The van der Waals surface area contributed by atoms with Crippen LogP contribution in [0.2, 0.25) is 0 Å². The van der Waals surface area contributed by atoms with E-state index in [2.05, 4.69) is 34.0 Å². The van der Waals surface area contributed by atoms with Gasteiger partial charge in [0.2, 0.25) is 0 Å². The molecule has 1 amide bonds. The van der Waals surface area contributed by atoms with Gasteiger partial charge in [0.1, 0.15) is 17.3 Å². The highest BCUT2D eigenvalue weighted by molar-refractivity contribution is 5.93. The lowest BCUT2D eigenvalue weighted by Gasteiger charge is -2.21. The smallest absolute Gasteiger partial charge is 0.270 e. The van der Waals surface area contributed by atoms with Crippen LogP contribution in [0.3, 0.4) is 0 Å². The van der Waals surface area contributed by atoms with Crippen molar-refractivity contribution in [2.45, 2.75) is 65.3 Å². The number of rotatable bonds is 5. The summed E-state index contributed by atoms with van der Waals surface area (Å²) >= 11 is 0. The molecule has 5 nitrogen and oxygen atoms in total. The molecule has 22 heavy (non-hydrogen) atoms. The lowest BCUT2D eigenvalue weighted by atomic mass is 10.1. The van der Waals surface area contributed by atoms with E-state index < -0.39 is 0 Å². The predicted octanol–water partition coefficient (Wildman–Crippen LogP) is 3.08. The Bertz CT molecular complexity index is 491. The third-order valence-electron chi connectivity index (χ3n) is 4.33. The van der Waals surface area contributed by atoms with Crippen LogP contribution >= 0.6 is 0 Å². The number of carbonyl (C=O) groups excluding carboxylic acids is 1. The fraction of sp³-hybridized carbons (Fsp3) is 0.706. The summed E-state index contributed by atoms with van der Waals surface area (Å²) in [5.74, 6) is 1.42. The number of anilines is 1. The van der Waals surface area contributed by atoms with Crippen molar-refractivity contribution in [2.24, 2.45) is 0 Å². The van der Waals surface area contributed by atoms with Crippen molar-refractivity contribution in [3.8, 4) is 0 Å². The number of hydrogen-bond acceptors (Lipinski definition) is 4. The first-order chi connectivity index (χ1) is 10.6. The Morgan fingerprint density at radius 3 is 2.41 bits per heavy atom. The van der Waals surface area contributed by atoms with Crippen LogP contribution in [0, 0.1) is 6.92 Å². The lowest BCUT2D eigenvalue weighted by molar-refractivity contribution is 0.0928. The molecule has 0 unspecified atom stereocenters. The van der Waals surface area contributed by atoms with Crippen molar-refractivity contribution in [3.05, 3.63) is 17.6 Å². The summed E-state index contributed by atoms with van der Waals surface area (Å²) in [6.07, 6.45) is 7.14. The van der Waals surface area contributed by atoms with E-state index in [4.69, 9.17) is 0 Å². The molecule has 5 heteroatoms. The third-order valence-corrected chi connectivity index (χ3v) is 4.33. The highest BCUT2D eigenvalue weighted by atomic mass is 16.1. The first-order valence-electron chi connectivity index (χ1n) is 8.55. The van der Waals surface area contributed by atoms with Crippen molar-refractivity contribution in [2.75, 3.05) is 18.0 Å². The minimum atomic E-state index is -0.0641. The second-order valence-corrected chi connectivity index (χ2v) is 5.99. The molecule has 0 saturated heterocycles. The standard InChI is InChI=1S/C17H28N4O/c1-4-21(5-2)16-12-15(18-13(3)19-16)17(22)20-14-10-8-6-7-9-11-14/h12,14H,4-11H2,1-3H3,(H,20,22). The van der Waals surface area contributed by atoms with Crippen LogP contribution in [-0.4, -0.2) is 35.0 Å². The number of nitrogens with one attached hydrogen (secondary N) is 1. The number of nitrogens with zero attached hydrogens (tertiary/aromatic N) is 3. The molecule has 1 aliphatic carbocycles. The Morgan fingerprint density at radius 1 is 1.18 bits per heavy atom. The molecule has 0 bridgehead atoms. The molecule has 1 aromatic heterocycles. The topological polar surface area (TPSA) is 58.1 Å². The fourth-order valence-corrected chi connectivity index (χ4v) is 3.06. The van der Waals surface area contributed by atoms with E-state index >= 15 is 0 Å². The summed E-state index contributed by atoms with van der Waals surface area (Å²) in [6.45, 7) is 7.77. The monoisotopic (exact) mass is 304 g/mol. The van der Waals surface area contributed by atoms with Gasteiger partial charge in [0, 0.05) is 25.2 Å². The molecule has 1 heterocycles. The summed E-state index contributed by atoms with van der Waals surface area (Å²) in [4.78, 5) is 23.4. The van der Waals surface area contributed by atoms with Crippen LogP contribution in [-0.2, 0) is 0 Å². The molecule has 1 N–H and O–H groups in total. The van der Waals surface area contributed by atoms with Gasteiger partial charge in [-0.25, -0.2) is 9.97 Å². The maximum atomic E-state index is 12.5. The van der Waals surface area contributed by atoms with Gasteiger partial charge in [-0.15, -0.1) is 0 Å². The van der Waals surface area contributed by atoms with Crippen molar-refractivity contribution in [1.82, 2.24) is 15.3 Å². The van der Waals surface area contributed by atoms with E-state index in [1.54, 1.807) is 0 Å². The van der Waals surface area contributed by atoms with Crippen LogP contribution in [0.5, 0.6) is 0 Å². The van der Waals surface area contributed by atoms with Crippen molar-refractivity contribution in [3.63, 3.8) is 0 Å². The highest BCUT2D eigenvalue weighted by Gasteiger charge is 2.18. The second-order valence-electron chi connectivity index (χ2n) is 5.99. The maximum absolute atomic E-state index is 12.5. The average Bonchev–Trinajstić information content (AvgIpc) is 2.76. The van der Waals surface area contributed by atoms with Gasteiger partial charge in [-0.1, -0.05) is 25.7 Å². The summed E-state index contributed by atoms with van der Waals surface area (Å²) in [7, 11) is 0. The molecule has 1 aromatic rings. The van der Waals surface area contributed by atoms with Crippen LogP contribution in [0.25, 0.3) is 0 Å². The molecule has 1 saturated carbocycles. The minimum Gasteiger partial charge on any atom is -0.357 e. The van der Waals surface area contributed by atoms with E-state index in [9.17, 15) is 4.79 Å². The molecule has 122 valence electrons. The van der Waals surface area contributed by atoms with Crippen molar-refractivity contribution >= 4 is 11.7 Å². The van der Waals surface area contributed by atoms with Crippen LogP contribution in [0.1, 0.15) is 68.7 Å². The molecule has 0 spiro atoms. The van der Waals surface area contributed by atoms with Gasteiger partial charge in [0.15, 0.2) is 0 Å². The van der Waals surface area contributed by atoms with Crippen molar-refractivity contribution in [1.29, 1.82) is 0 Å². The summed E-state index contributed by atoms with van der Waals surface area (Å²) in [5.41, 5.74) is 0.485. The van der Waals surface area contributed by atoms with Gasteiger partial charge in [0.05, 0.1) is 0 Å². The predicted molar refractivity (Wildman–Crippen MR) is 89.3 cm³/mol. The molecule has 0 radical (unpaired) electrons. The first kappa shape index (κ1) is 16.7. The number of carbonyl (C=O) groups is 1. The third kappa shape index (κ3) is 4.42. The van der Waals surface area contributed by atoms with Gasteiger partial charge >= 0.3 is 0 Å². The fourth-order valence-electron chi connectivity index (χ4n) is 3.06. The van der Waals surface area contributed by atoms with Crippen molar-refractivity contribution < 1.29 is 4.79 Å². The van der Waals surface area contributed by atoms with Gasteiger partial charge < -0.3 is 10.2 Å². The molecule has 1 fully saturated rings. The van der Waals surface area contributed by atoms with Gasteiger partial charge in [0.25, 0.3) is 5.91 Å². The maximum Gasteiger partial charge on any atom is 0.270 e. The van der Waals surface area contributed by atoms with Gasteiger partial charge in [-0.3, -0.25) is 4.79 Å². The Morgan fingerprint density at radius 2 is 1.82 bits per heavy atom. The van der Waals surface area contributed by atoms with E-state index in [1.807, 2.05) is 13.0 Å². The minimum absolute atomic E-state index is 0.0641. The molecular weight excluding hydrogens is 276 g/mol. The zero-order valence-corrected chi connectivity index (χ0v) is 14.1. The summed E-state index contributed by atoms with van der Waals surface area (Å²) in [5, 5.41) is 3.16. The number of hydrogen-bond donors (Lipinski definition) is 1. The molecule has 0 atom stereocenters. The summed E-state index contributed by atoms with van der Waals surface area (Å²) in [6, 6.07) is 2.11. The van der Waals surface area contributed by atoms with E-state index in [1.165, 1.54) is 25.7 Å². The Labute approximate surface area is 133 Å². The lowest BCUT2D eigenvalue weighted by Crippen LogP contribution is -2.35. The van der Waals surface area contributed by atoms with E-state index in [-0.39, 0.29) is 5.91 Å². The van der Waals surface area contributed by atoms with E-state index in [0.717, 1.165) is 31.7 Å². The highest BCUT2D eigenvalue weighted by Crippen LogP contribution is 2.18. The number of aryl methyl sites for hydroxylation is 1. The van der Waals surface area contributed by atoms with Gasteiger partial charge in [-0.05, 0) is 33.6 Å².